The average Bonchev–Trinajstić information content (AvgIpc) is 2.48. The zero-order chi connectivity index (χ0) is 15.7. The second-order valence-electron chi connectivity index (χ2n) is 4.45. The van der Waals surface area contributed by atoms with Crippen LogP contribution in [0, 0.1) is 17.1 Å². The molecule has 5 nitrogen and oxygen atoms in total. The Bertz CT molecular complexity index is 526. The maximum atomic E-state index is 13.7. The minimum absolute atomic E-state index is 0.0343. The first-order chi connectivity index (χ1) is 10.1. The van der Waals surface area contributed by atoms with Gasteiger partial charge in [-0.2, -0.15) is 5.26 Å². The van der Waals surface area contributed by atoms with Gasteiger partial charge in [-0.05, 0) is 12.5 Å². The fraction of sp³-hybridized carbons (Fsp3) is 0.467. The fourth-order valence-electron chi connectivity index (χ4n) is 1.71. The third-order valence-corrected chi connectivity index (χ3v) is 2.81. The van der Waals surface area contributed by atoms with Crippen LogP contribution in [0.15, 0.2) is 12.1 Å². The van der Waals surface area contributed by atoms with Gasteiger partial charge in [0.2, 0.25) is 5.91 Å². The van der Waals surface area contributed by atoms with E-state index in [0.29, 0.717) is 6.61 Å². The molecule has 21 heavy (non-hydrogen) atoms. The fourth-order valence-corrected chi connectivity index (χ4v) is 1.71. The Labute approximate surface area is 123 Å². The Hall–Kier alpha value is -2.13. The minimum atomic E-state index is -0.688. The third kappa shape index (κ3) is 5.40. The van der Waals surface area contributed by atoms with Gasteiger partial charge in [0.15, 0.2) is 0 Å². The summed E-state index contributed by atoms with van der Waals surface area (Å²) in [5, 5.41) is 11.2. The number of carbonyl (C=O) groups is 1. The monoisotopic (exact) mass is 294 g/mol. The molecule has 0 saturated carbocycles. The van der Waals surface area contributed by atoms with Crippen LogP contribution in [0.1, 0.15) is 31.7 Å². The van der Waals surface area contributed by atoms with E-state index >= 15 is 0 Å². The predicted molar refractivity (Wildman–Crippen MR) is 76.6 cm³/mol. The number of anilines is 1. The smallest absolute Gasteiger partial charge is 0.250 e. The van der Waals surface area contributed by atoms with Crippen LogP contribution in [-0.2, 0) is 9.53 Å². The Balaban J connectivity index is 2.58. The molecule has 0 bridgehead atoms. The largest absolute Gasteiger partial charge is 0.495 e. The first-order valence-corrected chi connectivity index (χ1v) is 6.77. The normalized spacial score (nSPS) is 10.0. The summed E-state index contributed by atoms with van der Waals surface area (Å²) in [7, 11) is 1.37. The van der Waals surface area contributed by atoms with Gasteiger partial charge >= 0.3 is 0 Å². The Kier molecular flexibility index (Phi) is 7.19. The zero-order valence-electron chi connectivity index (χ0n) is 12.2. The Morgan fingerprint density at radius 1 is 1.43 bits per heavy atom. The molecule has 0 aromatic heterocycles. The van der Waals surface area contributed by atoms with Crippen molar-refractivity contribution in [3.05, 3.63) is 23.5 Å². The summed E-state index contributed by atoms with van der Waals surface area (Å²) in [6, 6.07) is 4.12. The number of carbonyl (C=O) groups excluding carboxylic acids is 1. The van der Waals surface area contributed by atoms with Crippen LogP contribution in [-0.4, -0.2) is 26.2 Å². The van der Waals surface area contributed by atoms with Crippen LogP contribution >= 0.6 is 0 Å². The van der Waals surface area contributed by atoms with E-state index in [0.717, 1.165) is 25.3 Å². The van der Waals surface area contributed by atoms with Gasteiger partial charge in [-0.1, -0.05) is 19.8 Å². The van der Waals surface area contributed by atoms with Crippen LogP contribution < -0.4 is 10.1 Å². The molecule has 0 aliphatic heterocycles. The Morgan fingerprint density at radius 2 is 2.19 bits per heavy atom. The number of rotatable bonds is 8. The van der Waals surface area contributed by atoms with E-state index in [4.69, 9.17) is 14.7 Å². The lowest BCUT2D eigenvalue weighted by Crippen LogP contribution is -2.19. The molecule has 1 amide bonds. The van der Waals surface area contributed by atoms with Gasteiger partial charge in [-0.3, -0.25) is 4.79 Å². The standard InChI is InChI=1S/C15H19FN2O3/c1-3-4-5-6-21-10-15(19)18-13-8-14(20-2)11(9-17)7-12(13)16/h7-8H,3-6,10H2,1-2H3,(H,18,19). The Morgan fingerprint density at radius 3 is 2.81 bits per heavy atom. The molecule has 6 heteroatoms. The molecular formula is C15H19FN2O3. The maximum absolute atomic E-state index is 13.7. The van der Waals surface area contributed by atoms with Crippen LogP contribution in [0.25, 0.3) is 0 Å². The maximum Gasteiger partial charge on any atom is 0.250 e. The summed E-state index contributed by atoms with van der Waals surface area (Å²) in [5.41, 5.74) is 0.0387. The van der Waals surface area contributed by atoms with E-state index in [-0.39, 0.29) is 23.6 Å². The molecule has 0 fully saturated rings. The molecule has 114 valence electrons. The lowest BCUT2D eigenvalue weighted by Gasteiger charge is -2.10. The van der Waals surface area contributed by atoms with Crippen molar-refractivity contribution in [2.24, 2.45) is 0 Å². The first-order valence-electron chi connectivity index (χ1n) is 6.77. The van der Waals surface area contributed by atoms with E-state index < -0.39 is 11.7 Å². The highest BCUT2D eigenvalue weighted by atomic mass is 19.1. The van der Waals surface area contributed by atoms with E-state index in [2.05, 4.69) is 12.2 Å². The lowest BCUT2D eigenvalue weighted by molar-refractivity contribution is -0.120. The van der Waals surface area contributed by atoms with Crippen LogP contribution in [0.2, 0.25) is 0 Å². The van der Waals surface area contributed by atoms with Gasteiger partial charge in [0.1, 0.15) is 24.2 Å². The van der Waals surface area contributed by atoms with E-state index in [1.54, 1.807) is 0 Å². The van der Waals surface area contributed by atoms with Crippen molar-refractivity contribution in [1.29, 1.82) is 5.26 Å². The molecule has 0 aliphatic rings. The molecule has 0 heterocycles. The van der Waals surface area contributed by atoms with E-state index in [9.17, 15) is 9.18 Å². The molecule has 0 radical (unpaired) electrons. The number of hydrogen-bond acceptors (Lipinski definition) is 4. The van der Waals surface area contributed by atoms with E-state index in [1.165, 1.54) is 13.2 Å². The van der Waals surface area contributed by atoms with Gasteiger partial charge in [-0.15, -0.1) is 0 Å². The van der Waals surface area contributed by atoms with E-state index in [1.807, 2.05) is 6.07 Å². The minimum Gasteiger partial charge on any atom is -0.495 e. The number of unbranched alkanes of at least 4 members (excludes halogenated alkanes) is 2. The van der Waals surface area contributed by atoms with Crippen LogP contribution in [0.5, 0.6) is 5.75 Å². The molecule has 1 aromatic rings. The quantitative estimate of drug-likeness (QED) is 0.748. The van der Waals surface area contributed by atoms with Crippen molar-refractivity contribution in [3.8, 4) is 11.8 Å². The highest BCUT2D eigenvalue weighted by molar-refractivity contribution is 5.92. The molecular weight excluding hydrogens is 275 g/mol. The molecule has 1 aromatic carbocycles. The predicted octanol–water partition coefficient (Wildman–Crippen LogP) is 2.85. The van der Waals surface area contributed by atoms with Gasteiger partial charge in [0, 0.05) is 12.7 Å². The number of nitrogens with zero attached hydrogens (tertiary/aromatic N) is 1. The van der Waals surface area contributed by atoms with Crippen molar-refractivity contribution < 1.29 is 18.7 Å². The number of halogens is 1. The van der Waals surface area contributed by atoms with Crippen molar-refractivity contribution >= 4 is 11.6 Å². The second kappa shape index (κ2) is 8.93. The highest BCUT2D eigenvalue weighted by Gasteiger charge is 2.12. The zero-order valence-corrected chi connectivity index (χ0v) is 12.2. The summed E-state index contributed by atoms with van der Waals surface area (Å²) < 4.78 is 23.9. The van der Waals surface area contributed by atoms with Crippen LogP contribution in [0.3, 0.4) is 0 Å². The van der Waals surface area contributed by atoms with Gasteiger partial charge in [0.25, 0.3) is 0 Å². The number of amides is 1. The third-order valence-electron chi connectivity index (χ3n) is 2.81. The summed E-state index contributed by atoms with van der Waals surface area (Å²) in [5.74, 6) is -0.929. The number of nitrogens with one attached hydrogen (secondary N) is 1. The summed E-state index contributed by atoms with van der Waals surface area (Å²) >= 11 is 0. The van der Waals surface area contributed by atoms with Crippen molar-refractivity contribution in [1.82, 2.24) is 0 Å². The molecule has 0 atom stereocenters. The number of nitriles is 1. The topological polar surface area (TPSA) is 71.3 Å². The summed E-state index contributed by atoms with van der Waals surface area (Å²) in [4.78, 5) is 11.6. The van der Waals surface area contributed by atoms with Gasteiger partial charge in [0.05, 0.1) is 18.4 Å². The SMILES string of the molecule is CCCCCOCC(=O)Nc1cc(OC)c(C#N)cc1F. The lowest BCUT2D eigenvalue weighted by atomic mass is 10.2. The molecule has 1 rings (SSSR count). The number of benzene rings is 1. The molecule has 0 aliphatic carbocycles. The second-order valence-corrected chi connectivity index (χ2v) is 4.45. The first kappa shape index (κ1) is 16.9. The van der Waals surface area contributed by atoms with Gasteiger partial charge in [-0.25, -0.2) is 4.39 Å². The molecule has 0 spiro atoms. The highest BCUT2D eigenvalue weighted by Crippen LogP contribution is 2.25. The van der Waals surface area contributed by atoms with Crippen molar-refractivity contribution in [3.63, 3.8) is 0 Å². The van der Waals surface area contributed by atoms with Crippen molar-refractivity contribution in [2.45, 2.75) is 26.2 Å². The summed E-state index contributed by atoms with van der Waals surface area (Å²) in [6.07, 6.45) is 3.01. The van der Waals surface area contributed by atoms with Crippen molar-refractivity contribution in [2.75, 3.05) is 25.6 Å². The number of hydrogen-bond donors (Lipinski definition) is 1. The molecule has 0 unspecified atom stereocenters. The van der Waals surface area contributed by atoms with Gasteiger partial charge < -0.3 is 14.8 Å². The molecule has 1 N–H and O–H groups in total. The van der Waals surface area contributed by atoms with Crippen LogP contribution in [0.4, 0.5) is 10.1 Å². The average molecular weight is 294 g/mol. The molecule has 0 saturated heterocycles. The summed E-state index contributed by atoms with van der Waals surface area (Å²) in [6.45, 7) is 2.44. The number of methoxy groups -OCH3 is 1. The number of ether oxygens (including phenoxy) is 2.